The van der Waals surface area contributed by atoms with E-state index in [1.54, 1.807) is 0 Å². The monoisotopic (exact) mass is 507 g/mol. The Labute approximate surface area is 232 Å². The average Bonchev–Trinajstić information content (AvgIpc) is 2.89. The second-order valence-electron chi connectivity index (χ2n) is 11.6. The first kappa shape index (κ1) is 37.9. The quantitative estimate of drug-likeness (QED) is 0.0671. The van der Waals surface area contributed by atoms with Gasteiger partial charge in [0.1, 0.15) is 0 Å². The van der Waals surface area contributed by atoms with Crippen molar-refractivity contribution in [2.24, 2.45) is 0 Å². The van der Waals surface area contributed by atoms with Crippen molar-refractivity contribution in [2.45, 2.75) is 220 Å². The van der Waals surface area contributed by atoms with Crippen LogP contribution in [0.25, 0.3) is 0 Å². The van der Waals surface area contributed by atoms with Crippen molar-refractivity contribution in [1.82, 2.24) is 0 Å². The third-order valence-electron chi connectivity index (χ3n) is 7.72. The molecule has 0 aliphatic carbocycles. The normalized spacial score (nSPS) is 10.9. The topological polar surface area (TPSA) is 0 Å². The predicted octanol–water partition coefficient (Wildman–Crippen LogP) is 14.3. The van der Waals surface area contributed by atoms with E-state index in [-0.39, 0.29) is 0 Å². The van der Waals surface area contributed by atoms with E-state index in [1.165, 1.54) is 199 Å². The van der Waals surface area contributed by atoms with Crippen molar-refractivity contribution >= 4 is 0 Å². The van der Waals surface area contributed by atoms with Crippen LogP contribution < -0.4 is 0 Å². The lowest BCUT2D eigenvalue weighted by atomic mass is 10.0. The second kappa shape index (κ2) is 39.3. The fourth-order valence-corrected chi connectivity index (χ4v) is 5.10. The second-order valence-corrected chi connectivity index (χ2v) is 11.6. The van der Waals surface area contributed by atoms with Crippen LogP contribution in [0.15, 0.2) is 12.7 Å². The lowest BCUT2D eigenvalue weighted by Crippen LogP contribution is -1.83. The minimum Gasteiger partial charge on any atom is -0.103 e. The summed E-state index contributed by atoms with van der Waals surface area (Å²) >= 11 is 0. The van der Waals surface area contributed by atoms with Gasteiger partial charge in [-0.1, -0.05) is 213 Å². The molecule has 0 saturated carbocycles. The number of unbranched alkanes of at least 4 members (excludes halogenated alkanes) is 29. The summed E-state index contributed by atoms with van der Waals surface area (Å²) in [5.41, 5.74) is 0. The molecular weight excluding hydrogens is 432 g/mol. The van der Waals surface area contributed by atoms with Crippen molar-refractivity contribution in [2.75, 3.05) is 0 Å². The Bertz CT molecular complexity index is 328. The molecule has 0 unspecified atom stereocenters. The number of rotatable bonds is 30. The van der Waals surface area contributed by atoms with Crippen LogP contribution in [0.1, 0.15) is 220 Å². The molecule has 0 rings (SSSR count). The number of allylic oxidation sites excluding steroid dienone is 1. The summed E-state index contributed by atoms with van der Waals surface area (Å²) in [5, 5.41) is 0. The van der Waals surface area contributed by atoms with E-state index in [4.69, 9.17) is 0 Å². The minimum absolute atomic E-state index is 1.21. The van der Waals surface area contributed by atoms with E-state index in [1.807, 2.05) is 6.08 Å². The van der Waals surface area contributed by atoms with Crippen molar-refractivity contribution in [3.63, 3.8) is 0 Å². The molecule has 0 heteroatoms. The molecule has 0 atom stereocenters. The highest BCUT2D eigenvalue weighted by atomic mass is 14.0. The molecule has 36 heavy (non-hydrogen) atoms. The number of hydrogen-bond donors (Lipinski definition) is 0. The van der Waals surface area contributed by atoms with Crippen LogP contribution in [-0.4, -0.2) is 0 Å². The molecule has 0 spiro atoms. The van der Waals surface area contributed by atoms with E-state index in [2.05, 4.69) is 27.4 Å². The molecule has 0 saturated heterocycles. The van der Waals surface area contributed by atoms with Crippen LogP contribution >= 0.6 is 0 Å². The van der Waals surface area contributed by atoms with E-state index < -0.39 is 0 Å². The molecule has 0 aliphatic heterocycles. The first-order valence-corrected chi connectivity index (χ1v) is 17.4. The SMILES string of the molecule is C=CCCCCCCCCCCCCCCCC.CCCCCCCCCCCCCCCCCC. The van der Waals surface area contributed by atoms with Crippen molar-refractivity contribution < 1.29 is 0 Å². The van der Waals surface area contributed by atoms with Crippen molar-refractivity contribution in [3.05, 3.63) is 12.7 Å². The first-order valence-electron chi connectivity index (χ1n) is 17.4. The maximum Gasteiger partial charge on any atom is -0.0353 e. The Balaban J connectivity index is 0. The highest BCUT2D eigenvalue weighted by molar-refractivity contribution is 4.65. The summed E-state index contributed by atoms with van der Waals surface area (Å²) < 4.78 is 0. The Morgan fingerprint density at radius 3 is 0.611 bits per heavy atom. The van der Waals surface area contributed by atoms with E-state index in [0.29, 0.717) is 0 Å². The predicted molar refractivity (Wildman–Crippen MR) is 170 cm³/mol. The fraction of sp³-hybridized carbons (Fsp3) is 0.944. The lowest BCUT2D eigenvalue weighted by molar-refractivity contribution is 0.531. The first-order chi connectivity index (χ1) is 17.8. The maximum atomic E-state index is 3.76. The highest BCUT2D eigenvalue weighted by Gasteiger charge is 1.95. The van der Waals surface area contributed by atoms with E-state index in [9.17, 15) is 0 Å². The Hall–Kier alpha value is -0.260. The molecule has 0 bridgehead atoms. The average molecular weight is 507 g/mol. The zero-order chi connectivity index (χ0) is 26.6. The Kier molecular flexibility index (Phi) is 41.3. The minimum atomic E-state index is 1.21. The molecule has 0 nitrogen and oxygen atoms in total. The summed E-state index contributed by atoms with van der Waals surface area (Å²) in [6, 6.07) is 0. The molecule has 0 aromatic rings. The summed E-state index contributed by atoms with van der Waals surface area (Å²) in [7, 11) is 0. The van der Waals surface area contributed by atoms with Crippen LogP contribution in [-0.2, 0) is 0 Å². The smallest absolute Gasteiger partial charge is 0.0353 e. The zero-order valence-corrected chi connectivity index (χ0v) is 26.2. The molecule has 0 N–H and O–H groups in total. The van der Waals surface area contributed by atoms with Crippen LogP contribution in [0, 0.1) is 0 Å². The lowest BCUT2D eigenvalue weighted by Gasteiger charge is -2.03. The molecule has 0 fully saturated rings. The van der Waals surface area contributed by atoms with Crippen LogP contribution in [0.5, 0.6) is 0 Å². The summed E-state index contributed by atoms with van der Waals surface area (Å²) in [6.07, 6.45) is 46.9. The third kappa shape index (κ3) is 40.9. The molecule has 0 aromatic carbocycles. The number of hydrogen-bond acceptors (Lipinski definition) is 0. The summed E-state index contributed by atoms with van der Waals surface area (Å²) in [5.74, 6) is 0. The fourth-order valence-electron chi connectivity index (χ4n) is 5.10. The van der Waals surface area contributed by atoms with E-state index in [0.717, 1.165) is 0 Å². The van der Waals surface area contributed by atoms with Gasteiger partial charge in [-0.25, -0.2) is 0 Å². The van der Waals surface area contributed by atoms with Gasteiger partial charge in [-0.05, 0) is 12.8 Å². The van der Waals surface area contributed by atoms with Crippen molar-refractivity contribution in [1.29, 1.82) is 0 Å². The molecular formula is C36H74. The Morgan fingerprint density at radius 2 is 0.444 bits per heavy atom. The molecule has 218 valence electrons. The summed E-state index contributed by atoms with van der Waals surface area (Å²) in [6.45, 7) is 10.6. The van der Waals surface area contributed by atoms with Gasteiger partial charge in [-0.2, -0.15) is 0 Å². The van der Waals surface area contributed by atoms with Gasteiger partial charge in [0.05, 0.1) is 0 Å². The van der Waals surface area contributed by atoms with Gasteiger partial charge in [-0.3, -0.25) is 0 Å². The van der Waals surface area contributed by atoms with Gasteiger partial charge in [0.25, 0.3) is 0 Å². The largest absolute Gasteiger partial charge is 0.103 e. The van der Waals surface area contributed by atoms with Crippen LogP contribution in [0.4, 0.5) is 0 Å². The van der Waals surface area contributed by atoms with E-state index >= 15 is 0 Å². The van der Waals surface area contributed by atoms with Gasteiger partial charge >= 0.3 is 0 Å². The van der Waals surface area contributed by atoms with Crippen LogP contribution in [0.3, 0.4) is 0 Å². The molecule has 0 heterocycles. The van der Waals surface area contributed by atoms with Crippen molar-refractivity contribution in [3.8, 4) is 0 Å². The Morgan fingerprint density at radius 1 is 0.278 bits per heavy atom. The molecule has 0 amide bonds. The maximum absolute atomic E-state index is 3.76. The molecule has 0 aliphatic rings. The third-order valence-corrected chi connectivity index (χ3v) is 7.72. The van der Waals surface area contributed by atoms with Gasteiger partial charge in [0, 0.05) is 0 Å². The van der Waals surface area contributed by atoms with Gasteiger partial charge in [0.2, 0.25) is 0 Å². The van der Waals surface area contributed by atoms with Gasteiger partial charge in [0.15, 0.2) is 0 Å². The highest BCUT2D eigenvalue weighted by Crippen LogP contribution is 2.14. The van der Waals surface area contributed by atoms with Gasteiger partial charge in [-0.15, -0.1) is 6.58 Å². The standard InChI is InChI=1S/C18H38.C18H36/c2*1-3-5-7-9-11-13-15-17-18-16-14-12-10-8-6-4-2/h3-18H2,1-2H3;3H,1,4-18H2,2H3. The molecule has 0 aromatic heterocycles. The summed E-state index contributed by atoms with van der Waals surface area (Å²) in [4.78, 5) is 0. The zero-order valence-electron chi connectivity index (χ0n) is 26.2. The molecule has 0 radical (unpaired) electrons. The van der Waals surface area contributed by atoms with Crippen LogP contribution in [0.2, 0.25) is 0 Å². The van der Waals surface area contributed by atoms with Gasteiger partial charge < -0.3 is 0 Å².